The lowest BCUT2D eigenvalue weighted by atomic mass is 10.1. The van der Waals surface area contributed by atoms with Gasteiger partial charge in [-0.25, -0.2) is 18.7 Å². The van der Waals surface area contributed by atoms with Crippen LogP contribution in [-0.2, 0) is 30.3 Å². The third kappa shape index (κ3) is 4.83. The van der Waals surface area contributed by atoms with Crippen LogP contribution in [-0.4, -0.2) is 61.7 Å². The summed E-state index contributed by atoms with van der Waals surface area (Å²) in [6, 6.07) is 0. The molecule has 1 saturated heterocycles. The van der Waals surface area contributed by atoms with Crippen LogP contribution in [0.2, 0.25) is 0 Å². The lowest BCUT2D eigenvalue weighted by Crippen LogP contribution is -2.47. The molecule has 0 radical (unpaired) electrons. The van der Waals surface area contributed by atoms with Crippen molar-refractivity contribution < 1.29 is 41.4 Å². The van der Waals surface area contributed by atoms with Crippen LogP contribution in [0, 0.1) is 0 Å². The third-order valence-electron chi connectivity index (χ3n) is 5.14. The van der Waals surface area contributed by atoms with Crippen molar-refractivity contribution >= 4 is 29.1 Å². The highest BCUT2D eigenvalue weighted by molar-refractivity contribution is 5.72. The molecule has 2 aromatic heterocycles. The first kappa shape index (κ1) is 25.4. The van der Waals surface area contributed by atoms with Gasteiger partial charge >= 0.3 is 23.8 Å². The van der Waals surface area contributed by atoms with Gasteiger partial charge < -0.3 is 19.9 Å². The Hall–Kier alpha value is -3.23. The van der Waals surface area contributed by atoms with Gasteiger partial charge in [0.05, 0.1) is 6.20 Å². The molecule has 3 heterocycles. The molecular weight excluding hydrogens is 470 g/mol. The predicted molar refractivity (Wildman–Crippen MR) is 107 cm³/mol. The molecule has 0 saturated carbocycles. The number of ether oxygens (including phenoxy) is 3. The number of hydrogen-bond donors (Lipinski definition) is 1. The second kappa shape index (κ2) is 9.56. The molecule has 0 aromatic carbocycles. The van der Waals surface area contributed by atoms with E-state index in [1.165, 1.54) is 10.8 Å². The van der Waals surface area contributed by atoms with Gasteiger partial charge in [-0.2, -0.15) is 18.2 Å². The van der Waals surface area contributed by atoms with Crippen LogP contribution >= 0.6 is 0 Å². The van der Waals surface area contributed by atoms with E-state index in [-0.39, 0.29) is 23.7 Å². The average Bonchev–Trinajstić information content (AvgIpc) is 3.16. The minimum atomic E-state index is -5.22. The maximum absolute atomic E-state index is 15.3. The number of imidazole rings is 1. The number of alkyl halides is 4. The number of fused-ring (bicyclic) bond motifs is 1. The Morgan fingerprint density at radius 3 is 2.53 bits per heavy atom. The standard InChI is InChI=1S/C19H23F4N5O6/c1-4-5-6-27-10-7-25-17(24)26-15(10)28(18(27)31)16-13(32-8(2)29)11(20)12(34-16)14(19(21,22)23)33-9(3)30/h7,11-14,16H,4-6H2,1-3H3,(H2,24,25,26)/t11-,12-,13+,14+,16+/m0/s1. The van der Waals surface area contributed by atoms with Crippen molar-refractivity contribution in [3.63, 3.8) is 0 Å². The second-order valence-electron chi connectivity index (χ2n) is 7.68. The first-order valence-corrected chi connectivity index (χ1v) is 10.3. The Labute approximate surface area is 189 Å². The van der Waals surface area contributed by atoms with Gasteiger partial charge in [0.2, 0.25) is 12.1 Å². The van der Waals surface area contributed by atoms with Crippen molar-refractivity contribution in [1.82, 2.24) is 19.1 Å². The fraction of sp³-hybridized carbons (Fsp3) is 0.632. The Morgan fingerprint density at radius 1 is 1.29 bits per heavy atom. The molecule has 5 atom stereocenters. The molecule has 1 fully saturated rings. The van der Waals surface area contributed by atoms with E-state index in [0.717, 1.165) is 11.5 Å². The summed E-state index contributed by atoms with van der Waals surface area (Å²) in [5.41, 5.74) is 4.83. The molecule has 188 valence electrons. The van der Waals surface area contributed by atoms with Crippen LogP contribution in [0.4, 0.5) is 23.5 Å². The lowest BCUT2D eigenvalue weighted by molar-refractivity contribution is -0.252. The minimum Gasteiger partial charge on any atom is -0.454 e. The summed E-state index contributed by atoms with van der Waals surface area (Å²) in [6.45, 7) is 3.70. The van der Waals surface area contributed by atoms with Gasteiger partial charge in [-0.15, -0.1) is 0 Å². The van der Waals surface area contributed by atoms with E-state index in [4.69, 9.17) is 15.2 Å². The van der Waals surface area contributed by atoms with E-state index < -0.39 is 54.5 Å². The topological polar surface area (TPSA) is 141 Å². The number of hydrogen-bond acceptors (Lipinski definition) is 9. The molecule has 2 N–H and O–H groups in total. The zero-order chi connectivity index (χ0) is 25.4. The lowest BCUT2D eigenvalue weighted by Gasteiger charge is -2.26. The summed E-state index contributed by atoms with van der Waals surface area (Å²) >= 11 is 0. The van der Waals surface area contributed by atoms with E-state index in [9.17, 15) is 27.6 Å². The van der Waals surface area contributed by atoms with Crippen molar-refractivity contribution in [3.8, 4) is 0 Å². The molecule has 0 unspecified atom stereocenters. The number of unbranched alkanes of at least 4 members (excludes halogenated alkanes) is 1. The number of aromatic nitrogens is 4. The first-order valence-electron chi connectivity index (χ1n) is 10.3. The van der Waals surface area contributed by atoms with Crippen molar-refractivity contribution in [2.75, 3.05) is 5.73 Å². The molecule has 15 heteroatoms. The minimum absolute atomic E-state index is 0.153. The number of carbonyl (C=O) groups excluding carboxylic acids is 2. The molecular formula is C19H23F4N5O6. The number of halogens is 4. The summed E-state index contributed by atoms with van der Waals surface area (Å²) in [7, 11) is 0. The quantitative estimate of drug-likeness (QED) is 0.450. The van der Waals surface area contributed by atoms with Crippen molar-refractivity contribution in [2.45, 2.75) is 77.0 Å². The largest absolute Gasteiger partial charge is 0.454 e. The summed E-state index contributed by atoms with van der Waals surface area (Å²) in [5.74, 6) is -2.63. The van der Waals surface area contributed by atoms with Gasteiger partial charge in [0, 0.05) is 20.4 Å². The summed E-state index contributed by atoms with van der Waals surface area (Å²) in [6.07, 6.45) is -14.6. The molecule has 1 aliphatic rings. The molecule has 0 bridgehead atoms. The number of nitrogen functional groups attached to an aromatic ring is 1. The highest BCUT2D eigenvalue weighted by atomic mass is 19.4. The van der Waals surface area contributed by atoms with Crippen LogP contribution in [0.5, 0.6) is 0 Å². The van der Waals surface area contributed by atoms with Crippen LogP contribution in [0.25, 0.3) is 11.2 Å². The fourth-order valence-electron chi connectivity index (χ4n) is 3.75. The average molecular weight is 493 g/mol. The monoisotopic (exact) mass is 493 g/mol. The highest BCUT2D eigenvalue weighted by Gasteiger charge is 2.60. The van der Waals surface area contributed by atoms with Gasteiger partial charge in [0.1, 0.15) is 11.6 Å². The SMILES string of the molecule is CCCCn1c(=O)n([C@@H]2O[C@H]([C@@H](OC(C)=O)C(F)(F)F)[C@H](F)[C@H]2OC(C)=O)c2nc(N)ncc21. The molecule has 3 rings (SSSR count). The van der Waals surface area contributed by atoms with Crippen molar-refractivity contribution in [2.24, 2.45) is 0 Å². The van der Waals surface area contributed by atoms with Crippen molar-refractivity contribution in [1.29, 1.82) is 0 Å². The maximum Gasteiger partial charge on any atom is 0.428 e. The Kier molecular flexibility index (Phi) is 7.14. The number of carbonyl (C=O) groups is 2. The zero-order valence-corrected chi connectivity index (χ0v) is 18.4. The number of esters is 2. The third-order valence-corrected chi connectivity index (χ3v) is 5.14. The number of anilines is 1. The van der Waals surface area contributed by atoms with E-state index in [1.54, 1.807) is 0 Å². The first-order chi connectivity index (χ1) is 15.9. The molecule has 34 heavy (non-hydrogen) atoms. The van der Waals surface area contributed by atoms with Crippen LogP contribution in [0.3, 0.4) is 0 Å². The van der Waals surface area contributed by atoms with Crippen LogP contribution in [0.1, 0.15) is 39.8 Å². The summed E-state index contributed by atoms with van der Waals surface area (Å²) < 4.78 is 72.7. The maximum atomic E-state index is 15.3. The van der Waals surface area contributed by atoms with Crippen LogP contribution < -0.4 is 11.4 Å². The number of nitrogens with two attached hydrogens (primary N) is 1. The molecule has 1 aliphatic heterocycles. The van der Waals surface area contributed by atoms with Gasteiger partial charge in [0.25, 0.3) is 0 Å². The number of aryl methyl sites for hydroxylation is 1. The van der Waals surface area contributed by atoms with E-state index in [2.05, 4.69) is 14.7 Å². The number of nitrogens with zero attached hydrogens (tertiary/aromatic N) is 4. The highest BCUT2D eigenvalue weighted by Crippen LogP contribution is 2.41. The predicted octanol–water partition coefficient (Wildman–Crippen LogP) is 1.64. The van der Waals surface area contributed by atoms with Gasteiger partial charge in [-0.3, -0.25) is 14.2 Å². The van der Waals surface area contributed by atoms with Crippen LogP contribution in [0.15, 0.2) is 11.0 Å². The van der Waals surface area contributed by atoms with Crippen molar-refractivity contribution in [3.05, 3.63) is 16.7 Å². The smallest absolute Gasteiger partial charge is 0.428 e. The molecule has 11 nitrogen and oxygen atoms in total. The molecule has 0 amide bonds. The molecule has 0 aliphatic carbocycles. The van der Waals surface area contributed by atoms with Gasteiger partial charge in [-0.05, 0) is 6.42 Å². The number of rotatable bonds is 7. The van der Waals surface area contributed by atoms with E-state index >= 15 is 4.39 Å². The fourth-order valence-corrected chi connectivity index (χ4v) is 3.75. The second-order valence-corrected chi connectivity index (χ2v) is 7.68. The zero-order valence-electron chi connectivity index (χ0n) is 18.4. The molecule has 2 aromatic rings. The summed E-state index contributed by atoms with van der Waals surface area (Å²) in [5, 5.41) is 0. The Bertz CT molecular complexity index is 1130. The Morgan fingerprint density at radius 2 is 1.97 bits per heavy atom. The van der Waals surface area contributed by atoms with Gasteiger partial charge in [0.15, 0.2) is 24.2 Å². The summed E-state index contributed by atoms with van der Waals surface area (Å²) in [4.78, 5) is 44.0. The van der Waals surface area contributed by atoms with E-state index in [0.29, 0.717) is 19.8 Å². The normalized spacial score (nSPS) is 23.7. The van der Waals surface area contributed by atoms with Gasteiger partial charge in [-0.1, -0.05) is 13.3 Å². The molecule has 0 spiro atoms. The van der Waals surface area contributed by atoms with E-state index in [1.807, 2.05) is 6.92 Å². The Balaban J connectivity index is 2.17.